The molecule has 1 aromatic heterocycles. The first-order valence-corrected chi connectivity index (χ1v) is 5.81. The van der Waals surface area contributed by atoms with E-state index in [1.165, 1.54) is 11.8 Å². The predicted octanol–water partition coefficient (Wildman–Crippen LogP) is 3.70. The van der Waals surface area contributed by atoms with Gasteiger partial charge in [0.15, 0.2) is 6.29 Å². The van der Waals surface area contributed by atoms with E-state index >= 15 is 0 Å². The Morgan fingerprint density at radius 1 is 1.19 bits per heavy atom. The number of carbonyl (C=O) groups is 1. The maximum Gasteiger partial charge on any atom is 0.151 e. The number of rotatable bonds is 3. The minimum absolute atomic E-state index is 0.571. The van der Waals surface area contributed by atoms with Gasteiger partial charge in [0.25, 0.3) is 0 Å². The topological polar surface area (TPSA) is 30.0 Å². The molecule has 0 aliphatic heterocycles. The third-order valence-corrected chi connectivity index (χ3v) is 3.31. The lowest BCUT2D eigenvalue weighted by Crippen LogP contribution is -1.85. The van der Waals surface area contributed by atoms with Gasteiger partial charge in [-0.2, -0.15) is 0 Å². The van der Waals surface area contributed by atoms with Crippen molar-refractivity contribution in [3.8, 4) is 0 Å². The van der Waals surface area contributed by atoms with Crippen molar-refractivity contribution >= 4 is 29.6 Å². The molecular formula is C12H8ClNOS. The highest BCUT2D eigenvalue weighted by molar-refractivity contribution is 7.99. The van der Waals surface area contributed by atoms with Crippen LogP contribution in [0.25, 0.3) is 0 Å². The molecule has 1 aromatic carbocycles. The molecule has 0 aliphatic rings. The summed E-state index contributed by atoms with van der Waals surface area (Å²) in [6.07, 6.45) is 4.26. The maximum absolute atomic E-state index is 10.9. The van der Waals surface area contributed by atoms with Crippen molar-refractivity contribution in [1.82, 2.24) is 4.98 Å². The Morgan fingerprint density at radius 2 is 1.94 bits per heavy atom. The van der Waals surface area contributed by atoms with Gasteiger partial charge in [-0.15, -0.1) is 0 Å². The molecule has 0 radical (unpaired) electrons. The summed E-state index contributed by atoms with van der Waals surface area (Å²) < 4.78 is 0. The molecule has 0 spiro atoms. The quantitative estimate of drug-likeness (QED) is 0.777. The predicted molar refractivity (Wildman–Crippen MR) is 65.2 cm³/mol. The molecule has 0 bridgehead atoms. The summed E-state index contributed by atoms with van der Waals surface area (Å²) in [6.45, 7) is 0. The minimum Gasteiger partial charge on any atom is -0.298 e. The van der Waals surface area contributed by atoms with E-state index in [9.17, 15) is 4.79 Å². The molecule has 4 heteroatoms. The summed E-state index contributed by atoms with van der Waals surface area (Å²) >= 11 is 7.34. The lowest BCUT2D eigenvalue weighted by molar-refractivity contribution is 0.112. The Labute approximate surface area is 103 Å². The average Bonchev–Trinajstić information content (AvgIpc) is 2.33. The number of hydrogen-bond donors (Lipinski definition) is 0. The number of aromatic nitrogens is 1. The molecule has 16 heavy (non-hydrogen) atoms. The number of benzene rings is 1. The first kappa shape index (κ1) is 11.2. The van der Waals surface area contributed by atoms with E-state index in [2.05, 4.69) is 4.98 Å². The Kier molecular flexibility index (Phi) is 3.59. The molecule has 80 valence electrons. The number of nitrogens with zero attached hydrogens (tertiary/aromatic N) is 1. The number of pyridine rings is 1. The fourth-order valence-electron chi connectivity index (χ4n) is 1.24. The molecule has 2 rings (SSSR count). The van der Waals surface area contributed by atoms with E-state index in [1.54, 1.807) is 24.5 Å². The molecule has 0 amide bonds. The van der Waals surface area contributed by atoms with Crippen LogP contribution in [0.1, 0.15) is 10.4 Å². The smallest absolute Gasteiger partial charge is 0.151 e. The molecular weight excluding hydrogens is 242 g/mol. The molecule has 2 nitrogen and oxygen atoms in total. The molecule has 0 N–H and O–H groups in total. The molecule has 2 aromatic rings. The average molecular weight is 250 g/mol. The van der Waals surface area contributed by atoms with Gasteiger partial charge in [-0.05, 0) is 30.3 Å². The SMILES string of the molecule is O=Cc1cc(Cl)ccc1Sc1ccncc1. The van der Waals surface area contributed by atoms with Gasteiger partial charge >= 0.3 is 0 Å². The third kappa shape index (κ3) is 2.62. The highest BCUT2D eigenvalue weighted by atomic mass is 35.5. The van der Waals surface area contributed by atoms with E-state index in [0.717, 1.165) is 16.1 Å². The van der Waals surface area contributed by atoms with Crippen LogP contribution in [0.5, 0.6) is 0 Å². The van der Waals surface area contributed by atoms with Crippen molar-refractivity contribution in [3.63, 3.8) is 0 Å². The minimum atomic E-state index is 0.571. The van der Waals surface area contributed by atoms with Crippen LogP contribution in [0.15, 0.2) is 52.5 Å². The van der Waals surface area contributed by atoms with Crippen molar-refractivity contribution < 1.29 is 4.79 Å². The van der Waals surface area contributed by atoms with Gasteiger partial charge in [0.1, 0.15) is 0 Å². The lowest BCUT2D eigenvalue weighted by atomic mass is 10.2. The van der Waals surface area contributed by atoms with Crippen molar-refractivity contribution in [3.05, 3.63) is 53.3 Å². The van der Waals surface area contributed by atoms with E-state index in [4.69, 9.17) is 11.6 Å². The second-order valence-electron chi connectivity index (χ2n) is 3.08. The summed E-state index contributed by atoms with van der Waals surface area (Å²) in [5.41, 5.74) is 0.606. The van der Waals surface area contributed by atoms with Crippen LogP contribution in [0.4, 0.5) is 0 Å². The van der Waals surface area contributed by atoms with Gasteiger partial charge in [0.2, 0.25) is 0 Å². The Balaban J connectivity index is 2.31. The zero-order valence-corrected chi connectivity index (χ0v) is 9.83. The second-order valence-corrected chi connectivity index (χ2v) is 4.64. The fraction of sp³-hybridized carbons (Fsp3) is 0. The van der Waals surface area contributed by atoms with Crippen LogP contribution in [0, 0.1) is 0 Å². The standard InChI is InChI=1S/C12H8ClNOS/c13-10-1-2-12(9(7-10)8-15)16-11-3-5-14-6-4-11/h1-8H. The fourth-order valence-corrected chi connectivity index (χ4v) is 2.29. The molecule has 0 fully saturated rings. The van der Waals surface area contributed by atoms with Gasteiger partial charge in [-0.1, -0.05) is 23.4 Å². The van der Waals surface area contributed by atoms with Gasteiger partial charge in [-0.25, -0.2) is 0 Å². The number of halogens is 1. The van der Waals surface area contributed by atoms with Crippen LogP contribution in [0.3, 0.4) is 0 Å². The zero-order chi connectivity index (χ0) is 11.4. The highest BCUT2D eigenvalue weighted by Gasteiger charge is 2.04. The zero-order valence-electron chi connectivity index (χ0n) is 8.26. The molecule has 0 aliphatic carbocycles. The van der Waals surface area contributed by atoms with Crippen LogP contribution in [-0.4, -0.2) is 11.3 Å². The van der Waals surface area contributed by atoms with Crippen molar-refractivity contribution in [1.29, 1.82) is 0 Å². The van der Waals surface area contributed by atoms with Crippen LogP contribution >= 0.6 is 23.4 Å². The van der Waals surface area contributed by atoms with Crippen LogP contribution < -0.4 is 0 Å². The monoisotopic (exact) mass is 249 g/mol. The first-order valence-electron chi connectivity index (χ1n) is 4.62. The van der Waals surface area contributed by atoms with E-state index in [-0.39, 0.29) is 0 Å². The molecule has 0 atom stereocenters. The summed E-state index contributed by atoms with van der Waals surface area (Å²) in [7, 11) is 0. The largest absolute Gasteiger partial charge is 0.298 e. The lowest BCUT2D eigenvalue weighted by Gasteiger charge is -2.04. The van der Waals surface area contributed by atoms with Crippen molar-refractivity contribution in [2.75, 3.05) is 0 Å². The van der Waals surface area contributed by atoms with E-state index < -0.39 is 0 Å². The summed E-state index contributed by atoms with van der Waals surface area (Å²) in [6, 6.07) is 9.08. The summed E-state index contributed by atoms with van der Waals surface area (Å²) in [5, 5.41) is 0.571. The van der Waals surface area contributed by atoms with Crippen molar-refractivity contribution in [2.24, 2.45) is 0 Å². The van der Waals surface area contributed by atoms with Gasteiger partial charge in [0.05, 0.1) is 0 Å². The first-order chi connectivity index (χ1) is 7.79. The number of hydrogen-bond acceptors (Lipinski definition) is 3. The van der Waals surface area contributed by atoms with E-state index in [0.29, 0.717) is 10.6 Å². The Bertz CT molecular complexity index is 502. The van der Waals surface area contributed by atoms with Crippen LogP contribution in [0.2, 0.25) is 5.02 Å². The number of carbonyl (C=O) groups excluding carboxylic acids is 1. The molecule has 1 heterocycles. The second kappa shape index (κ2) is 5.14. The van der Waals surface area contributed by atoms with Gasteiger partial charge in [0, 0.05) is 32.8 Å². The normalized spacial score (nSPS) is 10.1. The molecule has 0 unspecified atom stereocenters. The highest BCUT2D eigenvalue weighted by Crippen LogP contribution is 2.30. The molecule has 0 saturated heterocycles. The summed E-state index contributed by atoms with van der Waals surface area (Å²) in [4.78, 5) is 16.8. The maximum atomic E-state index is 10.9. The van der Waals surface area contributed by atoms with Crippen molar-refractivity contribution in [2.45, 2.75) is 9.79 Å². The van der Waals surface area contributed by atoms with Gasteiger partial charge < -0.3 is 0 Å². The Morgan fingerprint density at radius 3 is 2.62 bits per heavy atom. The molecule has 0 saturated carbocycles. The number of aldehydes is 1. The third-order valence-electron chi connectivity index (χ3n) is 1.98. The summed E-state index contributed by atoms with van der Waals surface area (Å²) in [5.74, 6) is 0. The Hall–Kier alpha value is -1.32. The van der Waals surface area contributed by atoms with Crippen LogP contribution in [-0.2, 0) is 0 Å². The van der Waals surface area contributed by atoms with Gasteiger partial charge in [-0.3, -0.25) is 9.78 Å². The van der Waals surface area contributed by atoms with E-state index in [1.807, 2.05) is 18.2 Å².